The van der Waals surface area contributed by atoms with E-state index in [2.05, 4.69) is 15.2 Å². The lowest BCUT2D eigenvalue weighted by atomic mass is 10.0. The molecule has 0 saturated carbocycles. The summed E-state index contributed by atoms with van der Waals surface area (Å²) < 4.78 is 1.74. The first kappa shape index (κ1) is 20.2. The van der Waals surface area contributed by atoms with Crippen molar-refractivity contribution in [2.45, 2.75) is 38.3 Å². The van der Waals surface area contributed by atoms with Gasteiger partial charge < -0.3 is 5.32 Å². The van der Waals surface area contributed by atoms with E-state index in [-0.39, 0.29) is 17.5 Å². The SMILES string of the molecule is O=C(NCC(c1ccccc1Cl)N1CCCC1)c1ccc2c(=O)n3c(nc2c1)CCC3. The molecule has 1 aromatic heterocycles. The highest BCUT2D eigenvalue weighted by Crippen LogP contribution is 2.29. The topological polar surface area (TPSA) is 67.2 Å². The van der Waals surface area contributed by atoms with Crippen LogP contribution in [0.2, 0.25) is 5.02 Å². The summed E-state index contributed by atoms with van der Waals surface area (Å²) in [6.07, 6.45) is 4.05. The van der Waals surface area contributed by atoms with Gasteiger partial charge in [-0.1, -0.05) is 29.8 Å². The Morgan fingerprint density at radius 3 is 2.71 bits per heavy atom. The number of aromatic nitrogens is 2. The van der Waals surface area contributed by atoms with E-state index in [4.69, 9.17) is 11.6 Å². The van der Waals surface area contributed by atoms with Crippen molar-refractivity contribution >= 4 is 28.4 Å². The highest BCUT2D eigenvalue weighted by molar-refractivity contribution is 6.31. The number of likely N-dealkylation sites (tertiary alicyclic amines) is 1. The van der Waals surface area contributed by atoms with Crippen molar-refractivity contribution in [1.82, 2.24) is 19.8 Å². The molecule has 1 atom stereocenters. The van der Waals surface area contributed by atoms with E-state index in [1.807, 2.05) is 24.3 Å². The largest absolute Gasteiger partial charge is 0.350 e. The van der Waals surface area contributed by atoms with Crippen LogP contribution >= 0.6 is 11.6 Å². The van der Waals surface area contributed by atoms with Crippen LogP contribution in [-0.4, -0.2) is 40.0 Å². The zero-order valence-electron chi connectivity index (χ0n) is 17.3. The Labute approximate surface area is 185 Å². The van der Waals surface area contributed by atoms with E-state index in [0.29, 0.717) is 23.0 Å². The fourth-order valence-corrected chi connectivity index (χ4v) is 5.01. The summed E-state index contributed by atoms with van der Waals surface area (Å²) in [5.74, 6) is 0.642. The molecule has 3 heterocycles. The van der Waals surface area contributed by atoms with Gasteiger partial charge in [0.15, 0.2) is 0 Å². The van der Waals surface area contributed by atoms with Gasteiger partial charge in [0.25, 0.3) is 11.5 Å². The third-order valence-electron chi connectivity index (χ3n) is 6.38. The monoisotopic (exact) mass is 436 g/mol. The lowest BCUT2D eigenvalue weighted by Crippen LogP contribution is -2.37. The molecule has 2 aromatic carbocycles. The number of amides is 1. The van der Waals surface area contributed by atoms with Crippen molar-refractivity contribution in [2.24, 2.45) is 0 Å². The number of carbonyl (C=O) groups excluding carboxylic acids is 1. The van der Waals surface area contributed by atoms with Gasteiger partial charge in [-0.2, -0.15) is 0 Å². The zero-order chi connectivity index (χ0) is 21.4. The highest BCUT2D eigenvalue weighted by atomic mass is 35.5. The minimum Gasteiger partial charge on any atom is -0.350 e. The lowest BCUT2D eigenvalue weighted by molar-refractivity contribution is 0.0938. The third kappa shape index (κ3) is 3.86. The molecule has 6 nitrogen and oxygen atoms in total. The molecule has 0 bridgehead atoms. The predicted molar refractivity (Wildman–Crippen MR) is 122 cm³/mol. The predicted octanol–water partition coefficient (Wildman–Crippen LogP) is 3.56. The molecule has 160 valence electrons. The molecule has 5 rings (SSSR count). The molecule has 31 heavy (non-hydrogen) atoms. The molecule has 1 amide bonds. The Morgan fingerprint density at radius 2 is 1.90 bits per heavy atom. The number of aryl methyl sites for hydroxylation is 1. The van der Waals surface area contributed by atoms with E-state index < -0.39 is 0 Å². The van der Waals surface area contributed by atoms with Crippen LogP contribution in [0.3, 0.4) is 0 Å². The van der Waals surface area contributed by atoms with Crippen LogP contribution in [-0.2, 0) is 13.0 Å². The average Bonchev–Trinajstić information content (AvgIpc) is 3.47. The average molecular weight is 437 g/mol. The normalized spacial score (nSPS) is 17.1. The van der Waals surface area contributed by atoms with E-state index in [1.165, 1.54) is 0 Å². The van der Waals surface area contributed by atoms with Crippen molar-refractivity contribution in [1.29, 1.82) is 0 Å². The van der Waals surface area contributed by atoms with Crippen LogP contribution in [0.1, 0.15) is 47.1 Å². The molecule has 7 heteroatoms. The second-order valence-corrected chi connectivity index (χ2v) is 8.72. The number of hydrogen-bond donors (Lipinski definition) is 1. The van der Waals surface area contributed by atoms with Crippen molar-refractivity contribution < 1.29 is 4.79 Å². The molecule has 2 aliphatic heterocycles. The number of fused-ring (bicyclic) bond motifs is 2. The summed E-state index contributed by atoms with van der Waals surface area (Å²) in [6.45, 7) is 3.20. The number of rotatable bonds is 5. The number of hydrogen-bond acceptors (Lipinski definition) is 4. The van der Waals surface area contributed by atoms with Crippen LogP contribution in [0.4, 0.5) is 0 Å². The number of nitrogens with one attached hydrogen (secondary N) is 1. The lowest BCUT2D eigenvalue weighted by Gasteiger charge is -2.29. The van der Waals surface area contributed by atoms with E-state index in [1.54, 1.807) is 22.8 Å². The van der Waals surface area contributed by atoms with E-state index in [9.17, 15) is 9.59 Å². The Balaban J connectivity index is 1.38. The summed E-state index contributed by atoms with van der Waals surface area (Å²) in [5.41, 5.74) is 2.13. The first-order valence-electron chi connectivity index (χ1n) is 10.9. The van der Waals surface area contributed by atoms with Crippen LogP contribution < -0.4 is 10.9 Å². The molecule has 1 fully saturated rings. The van der Waals surface area contributed by atoms with Crippen LogP contribution in [0.25, 0.3) is 10.9 Å². The molecule has 1 N–H and O–H groups in total. The summed E-state index contributed by atoms with van der Waals surface area (Å²) in [6, 6.07) is 13.0. The van der Waals surface area contributed by atoms with Crippen LogP contribution in [0, 0.1) is 0 Å². The summed E-state index contributed by atoms with van der Waals surface area (Å²) >= 11 is 6.48. The van der Waals surface area contributed by atoms with Crippen molar-refractivity contribution in [3.8, 4) is 0 Å². The Hall–Kier alpha value is -2.70. The summed E-state index contributed by atoms with van der Waals surface area (Å²) in [5, 5.41) is 4.37. The van der Waals surface area contributed by atoms with Crippen molar-refractivity contribution in [3.05, 3.63) is 74.8 Å². The van der Waals surface area contributed by atoms with Crippen molar-refractivity contribution in [3.63, 3.8) is 0 Å². The molecule has 2 aliphatic rings. The summed E-state index contributed by atoms with van der Waals surface area (Å²) in [4.78, 5) is 32.6. The standard InChI is InChI=1S/C24H25ClN4O2/c25-19-7-2-1-6-17(19)21(28-11-3-4-12-28)15-26-23(30)16-9-10-18-20(14-16)27-22-8-5-13-29(22)24(18)31/h1-2,6-7,9-10,14,21H,3-5,8,11-13,15H2,(H,26,30). The highest BCUT2D eigenvalue weighted by Gasteiger charge is 2.26. The van der Waals surface area contributed by atoms with Gasteiger partial charge in [-0.25, -0.2) is 4.98 Å². The Morgan fingerprint density at radius 1 is 1.10 bits per heavy atom. The molecular formula is C24H25ClN4O2. The quantitative estimate of drug-likeness (QED) is 0.664. The van der Waals surface area contributed by atoms with Gasteiger partial charge >= 0.3 is 0 Å². The molecule has 3 aromatic rings. The minimum absolute atomic E-state index is 0.0164. The zero-order valence-corrected chi connectivity index (χ0v) is 18.1. The molecule has 1 saturated heterocycles. The number of carbonyl (C=O) groups is 1. The van der Waals surface area contributed by atoms with E-state index in [0.717, 1.165) is 61.7 Å². The van der Waals surface area contributed by atoms with E-state index >= 15 is 0 Å². The van der Waals surface area contributed by atoms with Gasteiger partial charge in [-0.05, 0) is 62.2 Å². The number of nitrogens with zero attached hydrogens (tertiary/aromatic N) is 3. The van der Waals surface area contributed by atoms with Crippen LogP contribution in [0.15, 0.2) is 47.3 Å². The number of benzene rings is 2. The second kappa shape index (κ2) is 8.44. The Bertz CT molecular complexity index is 1200. The minimum atomic E-state index is -0.166. The van der Waals surface area contributed by atoms with Crippen molar-refractivity contribution in [2.75, 3.05) is 19.6 Å². The molecular weight excluding hydrogens is 412 g/mol. The van der Waals surface area contributed by atoms with Gasteiger partial charge in [-0.15, -0.1) is 0 Å². The first-order valence-corrected chi connectivity index (χ1v) is 11.3. The summed E-state index contributed by atoms with van der Waals surface area (Å²) in [7, 11) is 0. The molecule has 0 radical (unpaired) electrons. The molecule has 0 aliphatic carbocycles. The first-order chi connectivity index (χ1) is 15.1. The fourth-order valence-electron chi connectivity index (χ4n) is 4.75. The third-order valence-corrected chi connectivity index (χ3v) is 6.72. The van der Waals surface area contributed by atoms with Gasteiger partial charge in [0.05, 0.1) is 16.9 Å². The molecule has 0 spiro atoms. The maximum absolute atomic E-state index is 13.0. The Kier molecular flexibility index (Phi) is 5.50. The van der Waals surface area contributed by atoms with Gasteiger partial charge in [0, 0.05) is 30.1 Å². The van der Waals surface area contributed by atoms with Gasteiger partial charge in [-0.3, -0.25) is 19.1 Å². The fraction of sp³-hybridized carbons (Fsp3) is 0.375. The van der Waals surface area contributed by atoms with Crippen LogP contribution in [0.5, 0.6) is 0 Å². The maximum atomic E-state index is 13.0. The maximum Gasteiger partial charge on any atom is 0.261 e. The molecule has 1 unspecified atom stereocenters. The van der Waals surface area contributed by atoms with Gasteiger partial charge in [0.1, 0.15) is 5.82 Å². The second-order valence-electron chi connectivity index (χ2n) is 8.31. The van der Waals surface area contributed by atoms with Gasteiger partial charge in [0.2, 0.25) is 0 Å². The number of halogens is 1. The smallest absolute Gasteiger partial charge is 0.261 e.